The maximum atomic E-state index is 12.0. The van der Waals surface area contributed by atoms with Crippen molar-refractivity contribution in [1.29, 1.82) is 0 Å². The van der Waals surface area contributed by atoms with Crippen LogP contribution in [0.25, 0.3) is 0 Å². The third kappa shape index (κ3) is 3.80. The van der Waals surface area contributed by atoms with Gasteiger partial charge in [0.15, 0.2) is 0 Å². The Hall–Kier alpha value is -1.91. The van der Waals surface area contributed by atoms with Crippen molar-refractivity contribution in [2.45, 2.75) is 33.3 Å². The van der Waals surface area contributed by atoms with Crippen molar-refractivity contribution < 1.29 is 14.3 Å². The van der Waals surface area contributed by atoms with Crippen LogP contribution in [0, 0.1) is 5.92 Å². The number of nitrogens with two attached hydrogens (primary N) is 1. The molecule has 0 radical (unpaired) electrons. The second kappa shape index (κ2) is 5.84. The largest absolute Gasteiger partial charge is 0.484 e. The molecule has 116 valence electrons. The minimum atomic E-state index is -0.376. The van der Waals surface area contributed by atoms with Crippen LogP contribution in [-0.4, -0.2) is 31.3 Å². The van der Waals surface area contributed by atoms with Crippen molar-refractivity contribution in [3.63, 3.8) is 0 Å². The lowest BCUT2D eigenvalue weighted by Crippen LogP contribution is -2.49. The van der Waals surface area contributed by atoms with E-state index in [-0.39, 0.29) is 18.1 Å². The van der Waals surface area contributed by atoms with Crippen LogP contribution < -0.4 is 15.4 Å². The highest BCUT2D eigenvalue weighted by atomic mass is 16.5. The van der Waals surface area contributed by atoms with Crippen LogP contribution >= 0.6 is 0 Å². The maximum Gasteiger partial charge on any atom is 0.325 e. The van der Waals surface area contributed by atoms with Crippen molar-refractivity contribution in [3.05, 3.63) is 18.2 Å². The van der Waals surface area contributed by atoms with Crippen LogP contribution in [-0.2, 0) is 9.53 Å². The number of nitrogens with zero attached hydrogens (tertiary/aromatic N) is 1. The second-order valence-electron chi connectivity index (χ2n) is 6.49. The Morgan fingerprint density at radius 1 is 1.48 bits per heavy atom. The highest BCUT2D eigenvalue weighted by molar-refractivity contribution is 5.82. The number of nitrogen functional groups attached to an aromatic ring is 1. The lowest BCUT2D eigenvalue weighted by Gasteiger charge is -2.40. The van der Waals surface area contributed by atoms with E-state index in [1.54, 1.807) is 0 Å². The summed E-state index contributed by atoms with van der Waals surface area (Å²) in [5.74, 6) is 0.797. The van der Waals surface area contributed by atoms with Crippen LogP contribution in [0.3, 0.4) is 0 Å². The highest BCUT2D eigenvalue weighted by Crippen LogP contribution is 2.40. The topological polar surface area (TPSA) is 64.8 Å². The molecule has 1 aromatic carbocycles. The first-order chi connectivity index (χ1) is 9.78. The molecular formula is C16H24N2O3. The third-order valence-corrected chi connectivity index (χ3v) is 3.20. The van der Waals surface area contributed by atoms with E-state index in [1.807, 2.05) is 50.8 Å². The van der Waals surface area contributed by atoms with E-state index in [9.17, 15) is 4.79 Å². The number of hydrogen-bond acceptors (Lipinski definition) is 5. The Morgan fingerprint density at radius 2 is 2.19 bits per heavy atom. The fraction of sp³-hybridized carbons (Fsp3) is 0.562. The molecule has 0 aromatic heterocycles. The molecule has 1 aromatic rings. The molecular weight excluding hydrogens is 268 g/mol. The van der Waals surface area contributed by atoms with E-state index in [1.165, 1.54) is 0 Å². The average Bonchev–Trinajstić information content (AvgIpc) is 2.34. The molecule has 5 nitrogen and oxygen atoms in total. The molecule has 0 spiro atoms. The molecule has 2 N–H and O–H groups in total. The lowest BCUT2D eigenvalue weighted by atomic mass is 10.0. The van der Waals surface area contributed by atoms with Gasteiger partial charge in [0.1, 0.15) is 23.6 Å². The van der Waals surface area contributed by atoms with E-state index in [4.69, 9.17) is 15.2 Å². The monoisotopic (exact) mass is 292 g/mol. The van der Waals surface area contributed by atoms with Crippen LogP contribution in [0.5, 0.6) is 5.75 Å². The fourth-order valence-corrected chi connectivity index (χ4v) is 2.42. The van der Waals surface area contributed by atoms with Crippen molar-refractivity contribution in [1.82, 2.24) is 0 Å². The Balaban J connectivity index is 2.18. The molecule has 1 aliphatic heterocycles. The lowest BCUT2D eigenvalue weighted by molar-refractivity contribution is -0.143. The minimum absolute atomic E-state index is 0.181. The van der Waals surface area contributed by atoms with E-state index >= 15 is 0 Å². The second-order valence-corrected chi connectivity index (χ2v) is 6.49. The zero-order valence-corrected chi connectivity index (χ0v) is 13.2. The summed E-state index contributed by atoms with van der Waals surface area (Å²) in [5, 5.41) is 0. The van der Waals surface area contributed by atoms with E-state index < -0.39 is 0 Å². The molecule has 0 aliphatic carbocycles. The first-order valence-electron chi connectivity index (χ1n) is 7.26. The van der Waals surface area contributed by atoms with Crippen molar-refractivity contribution in [2.75, 3.05) is 30.3 Å². The quantitative estimate of drug-likeness (QED) is 0.682. The summed E-state index contributed by atoms with van der Waals surface area (Å²) in [7, 11) is 0. The molecule has 0 atom stereocenters. The first kappa shape index (κ1) is 15.5. The number of carbonyl (C=O) groups is 1. The van der Waals surface area contributed by atoms with Crippen LogP contribution in [0.15, 0.2) is 18.2 Å². The Labute approximate surface area is 126 Å². The summed E-state index contributed by atoms with van der Waals surface area (Å²) in [5.41, 5.74) is 7.06. The number of anilines is 2. The molecule has 0 unspecified atom stereocenters. The molecule has 5 heteroatoms. The Morgan fingerprint density at radius 3 is 2.86 bits per heavy atom. The number of fused-ring (bicyclic) bond motifs is 1. The zero-order chi connectivity index (χ0) is 15.6. The molecule has 0 saturated heterocycles. The summed E-state index contributed by atoms with van der Waals surface area (Å²) in [6, 6.07) is 5.54. The van der Waals surface area contributed by atoms with Gasteiger partial charge in [-0.25, -0.2) is 0 Å². The summed E-state index contributed by atoms with van der Waals surface area (Å²) >= 11 is 0. The van der Waals surface area contributed by atoms with E-state index in [0.717, 1.165) is 5.69 Å². The van der Waals surface area contributed by atoms with Crippen LogP contribution in [0.4, 0.5) is 11.4 Å². The number of ether oxygens (including phenoxy) is 2. The average molecular weight is 292 g/mol. The maximum absolute atomic E-state index is 12.0. The van der Waals surface area contributed by atoms with Gasteiger partial charge in [0.05, 0.1) is 18.8 Å². The molecule has 0 amide bonds. The van der Waals surface area contributed by atoms with Gasteiger partial charge in [-0.05, 0) is 31.9 Å². The van der Waals surface area contributed by atoms with Crippen LogP contribution in [0.1, 0.15) is 27.7 Å². The smallest absolute Gasteiger partial charge is 0.325 e. The van der Waals surface area contributed by atoms with Gasteiger partial charge < -0.3 is 20.1 Å². The summed E-state index contributed by atoms with van der Waals surface area (Å²) < 4.78 is 11.2. The van der Waals surface area contributed by atoms with Gasteiger partial charge in [0.25, 0.3) is 0 Å². The molecule has 1 aliphatic rings. The normalized spacial score (nSPS) is 16.3. The molecule has 0 saturated carbocycles. The summed E-state index contributed by atoms with van der Waals surface area (Å²) in [6.45, 7) is 9.21. The van der Waals surface area contributed by atoms with E-state index in [2.05, 4.69) is 0 Å². The van der Waals surface area contributed by atoms with Gasteiger partial charge in [-0.1, -0.05) is 19.9 Å². The number of benzene rings is 1. The fourth-order valence-electron chi connectivity index (χ4n) is 2.42. The standard InChI is InChI=1S/C16H24N2O3/c1-11(2)9-20-14(19)8-18-10-16(3,4)21-13-7-5-6-12(17)15(13)18/h5-7,11H,8-10,17H2,1-4H3. The SMILES string of the molecule is CC(C)COC(=O)CN1CC(C)(C)Oc2cccc(N)c21. The molecule has 0 fully saturated rings. The van der Waals surface area contributed by atoms with E-state index in [0.29, 0.717) is 30.5 Å². The number of hydrogen-bond donors (Lipinski definition) is 1. The zero-order valence-electron chi connectivity index (χ0n) is 13.2. The summed E-state index contributed by atoms with van der Waals surface area (Å²) in [6.07, 6.45) is 0. The Kier molecular flexibility index (Phi) is 4.30. The molecule has 21 heavy (non-hydrogen) atoms. The van der Waals surface area contributed by atoms with Crippen molar-refractivity contribution >= 4 is 17.3 Å². The molecule has 0 bridgehead atoms. The predicted molar refractivity (Wildman–Crippen MR) is 83.6 cm³/mol. The van der Waals surface area contributed by atoms with Crippen LogP contribution in [0.2, 0.25) is 0 Å². The number of carbonyl (C=O) groups excluding carboxylic acids is 1. The van der Waals surface area contributed by atoms with Crippen molar-refractivity contribution in [3.8, 4) is 5.75 Å². The first-order valence-corrected chi connectivity index (χ1v) is 7.26. The summed E-state index contributed by atoms with van der Waals surface area (Å²) in [4.78, 5) is 13.9. The van der Waals surface area contributed by atoms with Gasteiger partial charge in [0, 0.05) is 0 Å². The molecule has 1 heterocycles. The highest BCUT2D eigenvalue weighted by Gasteiger charge is 2.34. The molecule has 2 rings (SSSR count). The van der Waals surface area contributed by atoms with Crippen molar-refractivity contribution in [2.24, 2.45) is 5.92 Å². The number of para-hydroxylation sites is 1. The van der Waals surface area contributed by atoms with Gasteiger partial charge >= 0.3 is 5.97 Å². The van der Waals surface area contributed by atoms with Gasteiger partial charge in [-0.2, -0.15) is 0 Å². The van der Waals surface area contributed by atoms with Gasteiger partial charge in [0.2, 0.25) is 0 Å². The number of esters is 1. The third-order valence-electron chi connectivity index (χ3n) is 3.20. The predicted octanol–water partition coefficient (Wildman–Crippen LogP) is 2.45. The van der Waals surface area contributed by atoms with Gasteiger partial charge in [-0.3, -0.25) is 4.79 Å². The van der Waals surface area contributed by atoms with Gasteiger partial charge in [-0.15, -0.1) is 0 Å². The minimum Gasteiger partial charge on any atom is -0.484 e. The Bertz CT molecular complexity index is 526. The number of rotatable bonds is 4.